The van der Waals surface area contributed by atoms with Gasteiger partial charge in [0.05, 0.1) is 0 Å². The minimum Gasteiger partial charge on any atom is -0.474 e. The molecule has 0 saturated heterocycles. The number of hydrogen-bond acceptors (Lipinski definition) is 4. The molecule has 1 saturated carbocycles. The molecule has 0 aromatic carbocycles. The molecule has 1 aliphatic rings. The van der Waals surface area contributed by atoms with Crippen LogP contribution in [0.25, 0.3) is 0 Å². The van der Waals surface area contributed by atoms with Crippen LogP contribution in [-0.4, -0.2) is 22.6 Å². The Bertz CT molecular complexity index is 362. The maximum atomic E-state index is 5.93. The maximum absolute atomic E-state index is 5.93. The van der Waals surface area contributed by atoms with Gasteiger partial charge >= 0.3 is 0 Å². The molecule has 1 aromatic rings. The maximum Gasteiger partial charge on any atom is 0.225 e. The lowest BCUT2D eigenvalue weighted by atomic mass is 9.89. The van der Waals surface area contributed by atoms with E-state index in [1.54, 1.807) is 6.20 Å². The highest BCUT2D eigenvalue weighted by Crippen LogP contribution is 2.26. The zero-order valence-corrected chi connectivity index (χ0v) is 11.4. The highest BCUT2D eigenvalue weighted by Gasteiger charge is 2.19. The van der Waals surface area contributed by atoms with Crippen LogP contribution >= 0.6 is 0 Å². The van der Waals surface area contributed by atoms with E-state index in [4.69, 9.17) is 4.74 Å². The van der Waals surface area contributed by atoms with Crippen LogP contribution in [0.3, 0.4) is 0 Å². The van der Waals surface area contributed by atoms with Crippen LogP contribution in [0.1, 0.15) is 46.0 Å². The summed E-state index contributed by atoms with van der Waals surface area (Å²) >= 11 is 0. The molecule has 2 rings (SSSR count). The summed E-state index contributed by atoms with van der Waals surface area (Å²) in [5.41, 5.74) is 0. The van der Waals surface area contributed by atoms with Gasteiger partial charge in [0.2, 0.25) is 11.8 Å². The van der Waals surface area contributed by atoms with E-state index in [0.717, 1.165) is 31.7 Å². The molecule has 0 atom stereocenters. The Labute approximate surface area is 109 Å². The molecule has 0 bridgehead atoms. The van der Waals surface area contributed by atoms with E-state index in [1.165, 1.54) is 12.8 Å². The average molecular weight is 249 g/mol. The van der Waals surface area contributed by atoms with Gasteiger partial charge in [-0.1, -0.05) is 13.8 Å². The van der Waals surface area contributed by atoms with Crippen LogP contribution in [0.5, 0.6) is 5.88 Å². The summed E-state index contributed by atoms with van der Waals surface area (Å²) in [5, 5.41) is 3.18. The smallest absolute Gasteiger partial charge is 0.225 e. The molecule has 1 fully saturated rings. The fourth-order valence-electron chi connectivity index (χ4n) is 2.25. The second-order valence-corrected chi connectivity index (χ2v) is 5.14. The van der Waals surface area contributed by atoms with Crippen molar-refractivity contribution in [3.05, 3.63) is 12.3 Å². The Kier molecular flexibility index (Phi) is 4.79. The van der Waals surface area contributed by atoms with Crippen molar-refractivity contribution in [2.45, 2.75) is 52.1 Å². The number of aromatic nitrogens is 2. The van der Waals surface area contributed by atoms with Crippen molar-refractivity contribution in [3.8, 4) is 5.88 Å². The summed E-state index contributed by atoms with van der Waals surface area (Å²) < 4.78 is 5.93. The SMILES string of the molecule is CCCNc1nccc(OC2CCC(C)CC2)n1. The molecule has 0 aliphatic heterocycles. The Morgan fingerprint density at radius 3 is 2.83 bits per heavy atom. The second kappa shape index (κ2) is 6.57. The van der Waals surface area contributed by atoms with Crippen molar-refractivity contribution in [2.75, 3.05) is 11.9 Å². The third-order valence-corrected chi connectivity index (χ3v) is 3.41. The fraction of sp³-hybridized carbons (Fsp3) is 0.714. The van der Waals surface area contributed by atoms with Gasteiger partial charge in [0.15, 0.2) is 0 Å². The van der Waals surface area contributed by atoms with Gasteiger partial charge < -0.3 is 10.1 Å². The zero-order chi connectivity index (χ0) is 12.8. The van der Waals surface area contributed by atoms with E-state index in [0.29, 0.717) is 17.9 Å². The van der Waals surface area contributed by atoms with Gasteiger partial charge in [-0.15, -0.1) is 0 Å². The number of anilines is 1. The molecule has 1 aliphatic carbocycles. The van der Waals surface area contributed by atoms with Crippen LogP contribution in [0.2, 0.25) is 0 Å². The van der Waals surface area contributed by atoms with E-state index in [2.05, 4.69) is 29.1 Å². The summed E-state index contributed by atoms with van der Waals surface area (Å²) in [6, 6.07) is 1.84. The van der Waals surface area contributed by atoms with Crippen molar-refractivity contribution >= 4 is 5.95 Å². The molecule has 4 heteroatoms. The van der Waals surface area contributed by atoms with E-state index in [9.17, 15) is 0 Å². The Hall–Kier alpha value is -1.32. The monoisotopic (exact) mass is 249 g/mol. The molecular weight excluding hydrogens is 226 g/mol. The molecular formula is C14H23N3O. The second-order valence-electron chi connectivity index (χ2n) is 5.14. The normalized spacial score (nSPS) is 23.7. The predicted octanol–water partition coefficient (Wildman–Crippen LogP) is 3.26. The molecule has 0 amide bonds. The molecule has 0 radical (unpaired) electrons. The van der Waals surface area contributed by atoms with E-state index in [1.807, 2.05) is 6.07 Å². The van der Waals surface area contributed by atoms with Crippen molar-refractivity contribution in [3.63, 3.8) is 0 Å². The Balaban J connectivity index is 1.88. The molecule has 4 nitrogen and oxygen atoms in total. The molecule has 18 heavy (non-hydrogen) atoms. The van der Waals surface area contributed by atoms with Crippen molar-refractivity contribution in [2.24, 2.45) is 5.92 Å². The lowest BCUT2D eigenvalue weighted by Gasteiger charge is -2.26. The highest BCUT2D eigenvalue weighted by molar-refractivity contribution is 5.27. The van der Waals surface area contributed by atoms with E-state index in [-0.39, 0.29) is 0 Å². The summed E-state index contributed by atoms with van der Waals surface area (Å²) in [7, 11) is 0. The molecule has 100 valence electrons. The van der Waals surface area contributed by atoms with Crippen LogP contribution in [0, 0.1) is 5.92 Å². The number of nitrogens with one attached hydrogen (secondary N) is 1. The van der Waals surface area contributed by atoms with Crippen LogP contribution in [0.15, 0.2) is 12.3 Å². The number of rotatable bonds is 5. The zero-order valence-electron chi connectivity index (χ0n) is 11.4. The first kappa shape index (κ1) is 13.1. The largest absolute Gasteiger partial charge is 0.474 e. The van der Waals surface area contributed by atoms with E-state index < -0.39 is 0 Å². The number of ether oxygens (including phenoxy) is 1. The van der Waals surface area contributed by atoms with Gasteiger partial charge in [0.1, 0.15) is 6.10 Å². The summed E-state index contributed by atoms with van der Waals surface area (Å²) in [5.74, 6) is 2.21. The van der Waals surface area contributed by atoms with Crippen molar-refractivity contribution in [1.82, 2.24) is 9.97 Å². The molecule has 0 unspecified atom stereocenters. The Morgan fingerprint density at radius 2 is 2.11 bits per heavy atom. The molecule has 1 heterocycles. The Morgan fingerprint density at radius 1 is 1.33 bits per heavy atom. The summed E-state index contributed by atoms with van der Waals surface area (Å²) in [6.07, 6.45) is 7.95. The molecule has 1 aromatic heterocycles. The van der Waals surface area contributed by atoms with Gasteiger partial charge in [-0.2, -0.15) is 4.98 Å². The van der Waals surface area contributed by atoms with Crippen LogP contribution in [-0.2, 0) is 0 Å². The number of hydrogen-bond donors (Lipinski definition) is 1. The van der Waals surface area contributed by atoms with E-state index >= 15 is 0 Å². The first-order chi connectivity index (χ1) is 8.78. The minimum atomic E-state index is 0.329. The quantitative estimate of drug-likeness (QED) is 0.870. The fourth-order valence-corrected chi connectivity index (χ4v) is 2.25. The molecule has 0 spiro atoms. The average Bonchev–Trinajstić information content (AvgIpc) is 2.40. The predicted molar refractivity (Wildman–Crippen MR) is 72.9 cm³/mol. The standard InChI is InChI=1S/C14H23N3O/c1-3-9-15-14-16-10-8-13(17-14)18-12-6-4-11(2)5-7-12/h8,10-12H,3-7,9H2,1-2H3,(H,15,16,17). The molecule has 1 N–H and O–H groups in total. The van der Waals surface area contributed by atoms with Gasteiger partial charge in [-0.3, -0.25) is 0 Å². The summed E-state index contributed by atoms with van der Waals surface area (Å²) in [4.78, 5) is 8.56. The van der Waals surface area contributed by atoms with Crippen LogP contribution < -0.4 is 10.1 Å². The van der Waals surface area contributed by atoms with Gasteiger partial charge in [0, 0.05) is 18.8 Å². The topological polar surface area (TPSA) is 47.0 Å². The van der Waals surface area contributed by atoms with Gasteiger partial charge in [0.25, 0.3) is 0 Å². The van der Waals surface area contributed by atoms with Gasteiger partial charge in [-0.05, 0) is 38.0 Å². The number of nitrogens with zero attached hydrogens (tertiary/aromatic N) is 2. The van der Waals surface area contributed by atoms with Crippen molar-refractivity contribution < 1.29 is 4.74 Å². The van der Waals surface area contributed by atoms with Crippen LogP contribution in [0.4, 0.5) is 5.95 Å². The summed E-state index contributed by atoms with van der Waals surface area (Å²) in [6.45, 7) is 5.33. The third kappa shape index (κ3) is 3.86. The lowest BCUT2D eigenvalue weighted by Crippen LogP contribution is -2.23. The first-order valence-corrected chi connectivity index (χ1v) is 7.01. The first-order valence-electron chi connectivity index (χ1n) is 7.01. The highest BCUT2D eigenvalue weighted by atomic mass is 16.5. The van der Waals surface area contributed by atoms with Crippen molar-refractivity contribution in [1.29, 1.82) is 0 Å². The lowest BCUT2D eigenvalue weighted by molar-refractivity contribution is 0.130. The van der Waals surface area contributed by atoms with Gasteiger partial charge in [-0.25, -0.2) is 4.98 Å². The third-order valence-electron chi connectivity index (χ3n) is 3.41. The minimum absolute atomic E-state index is 0.329.